The van der Waals surface area contributed by atoms with E-state index in [1.807, 2.05) is 0 Å². The molecule has 6 aromatic carbocycles. The number of imidazole rings is 2. The molecule has 3 heteroatoms. The number of hydrogen-bond acceptors (Lipinski definition) is 1. The van der Waals surface area contributed by atoms with E-state index in [1.54, 1.807) is 0 Å². The first-order valence-electron chi connectivity index (χ1n) is 13.4. The van der Waals surface area contributed by atoms with Crippen molar-refractivity contribution < 1.29 is 0 Å². The van der Waals surface area contributed by atoms with E-state index in [1.165, 1.54) is 65.9 Å². The van der Waals surface area contributed by atoms with Crippen LogP contribution in [0.1, 0.15) is 5.56 Å². The molecular weight excluding hydrogens is 474 g/mol. The fourth-order valence-corrected chi connectivity index (χ4v) is 6.51. The zero-order chi connectivity index (χ0) is 25.7. The Balaban J connectivity index is 1.49. The number of benzene rings is 6. The summed E-state index contributed by atoms with van der Waals surface area (Å²) in [6.07, 6.45) is 0. The zero-order valence-electron chi connectivity index (χ0n) is 21.4. The van der Waals surface area contributed by atoms with E-state index in [9.17, 15) is 0 Å². The van der Waals surface area contributed by atoms with Crippen molar-refractivity contribution in [2.24, 2.45) is 0 Å². The van der Waals surface area contributed by atoms with Crippen LogP contribution in [0.25, 0.3) is 77.2 Å². The minimum absolute atomic E-state index is 0.964. The van der Waals surface area contributed by atoms with E-state index < -0.39 is 0 Å². The van der Waals surface area contributed by atoms with Crippen LogP contribution in [0.4, 0.5) is 0 Å². The van der Waals surface area contributed by atoms with Crippen LogP contribution in [-0.2, 0) is 0 Å². The van der Waals surface area contributed by atoms with Crippen molar-refractivity contribution >= 4 is 54.9 Å². The predicted octanol–water partition coefficient (Wildman–Crippen LogP) is 9.28. The topological polar surface area (TPSA) is 21.7 Å². The summed E-state index contributed by atoms with van der Waals surface area (Å²) in [5.41, 5.74) is 12.0. The van der Waals surface area contributed by atoms with E-state index in [0.29, 0.717) is 0 Å². The van der Waals surface area contributed by atoms with Gasteiger partial charge in [0.25, 0.3) is 0 Å². The summed E-state index contributed by atoms with van der Waals surface area (Å²) < 4.78 is 4.70. The molecule has 0 aliphatic heterocycles. The molecule has 0 unspecified atom stereocenters. The molecule has 0 amide bonds. The molecule has 0 spiro atoms. The highest BCUT2D eigenvalue weighted by atomic mass is 15.2. The second kappa shape index (κ2) is 7.46. The zero-order valence-corrected chi connectivity index (χ0v) is 21.4. The van der Waals surface area contributed by atoms with Crippen LogP contribution in [0.2, 0.25) is 0 Å². The van der Waals surface area contributed by atoms with Gasteiger partial charge < -0.3 is 0 Å². The van der Waals surface area contributed by atoms with Crippen LogP contribution < -0.4 is 0 Å². The normalized spacial score (nSPS) is 12.2. The van der Waals surface area contributed by atoms with Crippen molar-refractivity contribution in [1.82, 2.24) is 13.8 Å². The van der Waals surface area contributed by atoms with Crippen molar-refractivity contribution in [3.05, 3.63) is 127 Å². The van der Waals surface area contributed by atoms with Gasteiger partial charge in [-0.15, -0.1) is 0 Å². The Bertz CT molecular complexity index is 2390. The highest BCUT2D eigenvalue weighted by Crippen LogP contribution is 2.42. The van der Waals surface area contributed by atoms with Crippen LogP contribution >= 0.6 is 0 Å². The molecular formula is C36H23N3. The molecule has 0 N–H and O–H groups in total. The second-order valence-electron chi connectivity index (χ2n) is 10.6. The Labute approximate surface area is 224 Å². The third-order valence-corrected chi connectivity index (χ3v) is 8.26. The van der Waals surface area contributed by atoms with E-state index in [2.05, 4.69) is 137 Å². The molecule has 0 bridgehead atoms. The largest absolute Gasteiger partial charge is 0.277 e. The lowest BCUT2D eigenvalue weighted by atomic mass is 9.92. The minimum Gasteiger partial charge on any atom is -0.277 e. The third-order valence-electron chi connectivity index (χ3n) is 8.26. The molecule has 0 saturated heterocycles. The number of aromatic nitrogens is 3. The molecule has 0 saturated carbocycles. The molecule has 0 radical (unpaired) electrons. The maximum Gasteiger partial charge on any atom is 0.220 e. The highest BCUT2D eigenvalue weighted by Gasteiger charge is 2.23. The average molecular weight is 498 g/mol. The molecule has 9 aromatic rings. The van der Waals surface area contributed by atoms with Crippen molar-refractivity contribution in [2.75, 3.05) is 0 Å². The van der Waals surface area contributed by atoms with Gasteiger partial charge in [-0.25, -0.2) is 4.98 Å². The molecule has 0 fully saturated rings. The smallest absolute Gasteiger partial charge is 0.220 e. The second-order valence-corrected chi connectivity index (χ2v) is 10.6. The first-order valence-corrected chi connectivity index (χ1v) is 13.4. The standard InChI is InChI=1S/C36H23N3/c1-22-15-16-27(28(17-22)23-9-3-2-4-10-23)26-19-30-29-18-24-11-5-6-12-25(24)20-33(29)39-35(30)34(21-26)38-32-14-8-7-13-31(32)37-36(38)39/h2-21H,1H3. The van der Waals surface area contributed by atoms with E-state index >= 15 is 0 Å². The first-order chi connectivity index (χ1) is 19.2. The summed E-state index contributed by atoms with van der Waals surface area (Å²) in [5.74, 6) is 0.964. The monoisotopic (exact) mass is 497 g/mol. The molecule has 3 nitrogen and oxygen atoms in total. The van der Waals surface area contributed by atoms with Crippen molar-refractivity contribution in [2.45, 2.75) is 6.92 Å². The quantitative estimate of drug-likeness (QED) is 0.233. The van der Waals surface area contributed by atoms with Crippen LogP contribution in [0, 0.1) is 6.92 Å². The van der Waals surface area contributed by atoms with Gasteiger partial charge in [0.2, 0.25) is 5.78 Å². The van der Waals surface area contributed by atoms with Gasteiger partial charge in [0, 0.05) is 10.8 Å². The average Bonchev–Trinajstić information content (AvgIpc) is 3.61. The van der Waals surface area contributed by atoms with Gasteiger partial charge in [-0.1, -0.05) is 90.5 Å². The Morgan fingerprint density at radius 2 is 1.28 bits per heavy atom. The predicted molar refractivity (Wildman–Crippen MR) is 163 cm³/mol. The van der Waals surface area contributed by atoms with Gasteiger partial charge in [-0.3, -0.25) is 8.80 Å². The van der Waals surface area contributed by atoms with Crippen LogP contribution in [-0.4, -0.2) is 13.8 Å². The summed E-state index contributed by atoms with van der Waals surface area (Å²) in [4.78, 5) is 5.14. The molecule has 3 heterocycles. The Morgan fingerprint density at radius 1 is 0.513 bits per heavy atom. The molecule has 0 atom stereocenters. The molecule has 39 heavy (non-hydrogen) atoms. The lowest BCUT2D eigenvalue weighted by Gasteiger charge is -2.12. The summed E-state index contributed by atoms with van der Waals surface area (Å²) in [5, 5.41) is 5.02. The lowest BCUT2D eigenvalue weighted by Crippen LogP contribution is -1.89. The lowest BCUT2D eigenvalue weighted by molar-refractivity contribution is 1.22. The SMILES string of the molecule is Cc1ccc(-c2cc3c4cc5ccccc5cc4n4c3c(c2)n2c3ccccc3nc24)c(-c2ccccc2)c1. The van der Waals surface area contributed by atoms with Gasteiger partial charge in [-0.05, 0) is 76.3 Å². The van der Waals surface area contributed by atoms with Gasteiger partial charge in [-0.2, -0.15) is 0 Å². The molecule has 9 rings (SSSR count). The van der Waals surface area contributed by atoms with Gasteiger partial charge >= 0.3 is 0 Å². The van der Waals surface area contributed by atoms with E-state index in [0.717, 1.165) is 16.8 Å². The van der Waals surface area contributed by atoms with Gasteiger partial charge in [0.15, 0.2) is 0 Å². The third kappa shape index (κ3) is 2.79. The molecule has 0 aliphatic carbocycles. The first kappa shape index (κ1) is 20.9. The molecule has 0 aliphatic rings. The number of fused-ring (bicyclic) bond motifs is 9. The van der Waals surface area contributed by atoms with Crippen molar-refractivity contribution in [3.63, 3.8) is 0 Å². The Morgan fingerprint density at radius 3 is 2.15 bits per heavy atom. The minimum atomic E-state index is 0.964. The van der Waals surface area contributed by atoms with Gasteiger partial charge in [0.1, 0.15) is 0 Å². The number of para-hydroxylation sites is 2. The summed E-state index contributed by atoms with van der Waals surface area (Å²) in [7, 11) is 0. The van der Waals surface area contributed by atoms with Crippen molar-refractivity contribution in [1.29, 1.82) is 0 Å². The summed E-state index contributed by atoms with van der Waals surface area (Å²) >= 11 is 0. The van der Waals surface area contributed by atoms with Crippen LogP contribution in [0.3, 0.4) is 0 Å². The van der Waals surface area contributed by atoms with E-state index in [4.69, 9.17) is 4.98 Å². The maximum absolute atomic E-state index is 5.14. The maximum atomic E-state index is 5.14. The fraction of sp³-hybridized carbons (Fsp3) is 0.0278. The van der Waals surface area contributed by atoms with E-state index in [-0.39, 0.29) is 0 Å². The summed E-state index contributed by atoms with van der Waals surface area (Å²) in [6.45, 7) is 2.17. The summed E-state index contributed by atoms with van der Waals surface area (Å²) in [6, 6.07) is 44.0. The van der Waals surface area contributed by atoms with Crippen molar-refractivity contribution in [3.8, 4) is 22.3 Å². The van der Waals surface area contributed by atoms with Crippen LogP contribution in [0.5, 0.6) is 0 Å². The Kier molecular flexibility index (Phi) is 3.99. The van der Waals surface area contributed by atoms with Crippen LogP contribution in [0.15, 0.2) is 121 Å². The molecule has 3 aromatic heterocycles. The number of hydrogen-bond donors (Lipinski definition) is 0. The highest BCUT2D eigenvalue weighted by molar-refractivity contribution is 6.20. The fourth-order valence-electron chi connectivity index (χ4n) is 6.51. The number of nitrogens with zero attached hydrogens (tertiary/aromatic N) is 3. The number of rotatable bonds is 2. The van der Waals surface area contributed by atoms with Gasteiger partial charge in [0.05, 0.1) is 27.6 Å². The number of aryl methyl sites for hydroxylation is 1. The molecule has 182 valence electrons. The Hall–Kier alpha value is -5.15.